The van der Waals surface area contributed by atoms with Gasteiger partial charge in [0.05, 0.1) is 32.4 Å². The Bertz CT molecular complexity index is 938. The molecule has 0 atom stereocenters. The number of aryl methyl sites for hydroxylation is 1. The summed E-state index contributed by atoms with van der Waals surface area (Å²) in [4.78, 5) is 31.4. The summed E-state index contributed by atoms with van der Waals surface area (Å²) in [5, 5.41) is 1.03. The molecule has 4 rings (SSSR count). The molecule has 1 aromatic carbocycles. The van der Waals surface area contributed by atoms with Gasteiger partial charge in [0.25, 0.3) is 0 Å². The predicted octanol–water partition coefficient (Wildman–Crippen LogP) is 2.41. The Morgan fingerprint density at radius 1 is 0.968 bits per heavy atom. The van der Waals surface area contributed by atoms with Gasteiger partial charge in [-0.1, -0.05) is 13.8 Å². The van der Waals surface area contributed by atoms with Crippen molar-refractivity contribution < 1.29 is 18.7 Å². The second kappa shape index (κ2) is 9.40. The molecular formula is C24H33N3O4. The van der Waals surface area contributed by atoms with Crippen LogP contribution in [0.1, 0.15) is 36.5 Å². The monoisotopic (exact) mass is 427 g/mol. The quantitative estimate of drug-likeness (QED) is 0.733. The van der Waals surface area contributed by atoms with Gasteiger partial charge in [-0.25, -0.2) is 0 Å². The van der Waals surface area contributed by atoms with Crippen LogP contribution >= 0.6 is 0 Å². The Morgan fingerprint density at radius 2 is 1.61 bits per heavy atom. The molecule has 0 saturated carbocycles. The van der Waals surface area contributed by atoms with Gasteiger partial charge in [0, 0.05) is 50.2 Å². The first kappa shape index (κ1) is 21.8. The number of fused-ring (bicyclic) bond motifs is 1. The number of piperazine rings is 1. The highest BCUT2D eigenvalue weighted by molar-refractivity contribution is 5.89. The highest BCUT2D eigenvalue weighted by atomic mass is 16.5. The number of furan rings is 1. The molecule has 2 saturated heterocycles. The third kappa shape index (κ3) is 4.93. The lowest BCUT2D eigenvalue weighted by Gasteiger charge is -2.36. The maximum atomic E-state index is 12.9. The summed E-state index contributed by atoms with van der Waals surface area (Å²) >= 11 is 0. The molecule has 2 amide bonds. The molecule has 2 aromatic rings. The summed E-state index contributed by atoms with van der Waals surface area (Å²) in [6, 6.07) is 4.24. The molecule has 7 heteroatoms. The van der Waals surface area contributed by atoms with Crippen LogP contribution in [-0.4, -0.2) is 85.5 Å². The first-order valence-electron chi connectivity index (χ1n) is 11.3. The Labute approximate surface area is 183 Å². The van der Waals surface area contributed by atoms with E-state index in [9.17, 15) is 9.59 Å². The summed E-state index contributed by atoms with van der Waals surface area (Å²) in [7, 11) is 0. The number of benzene rings is 1. The van der Waals surface area contributed by atoms with Crippen LogP contribution in [0.4, 0.5) is 0 Å². The molecule has 2 aliphatic heterocycles. The number of amides is 2. The van der Waals surface area contributed by atoms with Crippen LogP contribution in [0.15, 0.2) is 22.8 Å². The van der Waals surface area contributed by atoms with E-state index >= 15 is 0 Å². The Morgan fingerprint density at radius 3 is 2.26 bits per heavy atom. The first-order chi connectivity index (χ1) is 14.9. The van der Waals surface area contributed by atoms with Crippen molar-refractivity contribution in [3.05, 3.63) is 35.1 Å². The van der Waals surface area contributed by atoms with Gasteiger partial charge in [0.2, 0.25) is 11.8 Å². The zero-order chi connectivity index (χ0) is 22.0. The van der Waals surface area contributed by atoms with Gasteiger partial charge in [0.15, 0.2) is 0 Å². The first-order valence-corrected chi connectivity index (χ1v) is 11.3. The predicted molar refractivity (Wildman–Crippen MR) is 119 cm³/mol. The largest absolute Gasteiger partial charge is 0.464 e. The van der Waals surface area contributed by atoms with Gasteiger partial charge in [-0.2, -0.15) is 0 Å². The average molecular weight is 428 g/mol. The van der Waals surface area contributed by atoms with Crippen LogP contribution in [-0.2, 0) is 20.7 Å². The van der Waals surface area contributed by atoms with E-state index in [1.165, 1.54) is 11.1 Å². The fourth-order valence-corrected chi connectivity index (χ4v) is 4.53. The molecule has 0 aliphatic carbocycles. The van der Waals surface area contributed by atoms with E-state index in [2.05, 4.69) is 37.8 Å². The van der Waals surface area contributed by atoms with Crippen molar-refractivity contribution >= 4 is 22.8 Å². The zero-order valence-electron chi connectivity index (χ0n) is 18.9. The summed E-state index contributed by atoms with van der Waals surface area (Å²) in [5.41, 5.74) is 4.28. The molecule has 3 heterocycles. The third-order valence-electron chi connectivity index (χ3n) is 6.45. The molecule has 31 heavy (non-hydrogen) atoms. The molecule has 0 bridgehead atoms. The second-order valence-electron chi connectivity index (χ2n) is 8.95. The number of hydrogen-bond acceptors (Lipinski definition) is 5. The summed E-state index contributed by atoms with van der Waals surface area (Å²) in [6.07, 6.45) is 2.05. The van der Waals surface area contributed by atoms with Gasteiger partial charge >= 0.3 is 0 Å². The maximum Gasteiger partial charge on any atom is 0.236 e. The van der Waals surface area contributed by atoms with Crippen LogP contribution in [0, 0.1) is 6.92 Å². The molecular weight excluding hydrogens is 394 g/mol. The van der Waals surface area contributed by atoms with E-state index in [0.717, 1.165) is 29.6 Å². The molecule has 7 nitrogen and oxygen atoms in total. The van der Waals surface area contributed by atoms with Crippen molar-refractivity contribution in [3.63, 3.8) is 0 Å². The van der Waals surface area contributed by atoms with Crippen LogP contribution < -0.4 is 0 Å². The SMILES string of the molecule is Cc1cc2occ(CC(=O)N3CCN(C(=O)CN4CCOCC4)CC3)c2cc1C(C)C. The van der Waals surface area contributed by atoms with Crippen molar-refractivity contribution in [2.75, 3.05) is 59.0 Å². The second-order valence-corrected chi connectivity index (χ2v) is 8.95. The highest BCUT2D eigenvalue weighted by Crippen LogP contribution is 2.29. The minimum Gasteiger partial charge on any atom is -0.464 e. The summed E-state index contributed by atoms with van der Waals surface area (Å²) in [6.45, 7) is 12.2. The molecule has 0 spiro atoms. The Hall–Kier alpha value is -2.38. The maximum absolute atomic E-state index is 12.9. The highest BCUT2D eigenvalue weighted by Gasteiger charge is 2.26. The molecule has 2 fully saturated rings. The van der Waals surface area contributed by atoms with E-state index in [-0.39, 0.29) is 11.8 Å². The van der Waals surface area contributed by atoms with Gasteiger partial charge in [-0.15, -0.1) is 0 Å². The molecule has 1 aromatic heterocycles. The molecule has 0 N–H and O–H groups in total. The smallest absolute Gasteiger partial charge is 0.236 e. The van der Waals surface area contributed by atoms with Crippen LogP contribution in [0.25, 0.3) is 11.0 Å². The van der Waals surface area contributed by atoms with Crippen molar-refractivity contribution in [1.82, 2.24) is 14.7 Å². The van der Waals surface area contributed by atoms with Crippen LogP contribution in [0.5, 0.6) is 0 Å². The number of nitrogens with zero attached hydrogens (tertiary/aromatic N) is 3. The van der Waals surface area contributed by atoms with E-state index in [1.807, 2.05) is 9.80 Å². The Kier molecular flexibility index (Phi) is 6.62. The lowest BCUT2D eigenvalue weighted by Crippen LogP contribution is -2.53. The van der Waals surface area contributed by atoms with E-state index in [1.54, 1.807) is 6.26 Å². The number of ether oxygens (including phenoxy) is 1. The van der Waals surface area contributed by atoms with Gasteiger partial charge < -0.3 is 19.0 Å². The molecule has 0 unspecified atom stereocenters. The fourth-order valence-electron chi connectivity index (χ4n) is 4.53. The normalized spacial score (nSPS) is 18.2. The number of rotatable bonds is 5. The summed E-state index contributed by atoms with van der Waals surface area (Å²) in [5.74, 6) is 0.659. The number of carbonyl (C=O) groups is 2. The number of morpholine rings is 1. The average Bonchev–Trinajstić information content (AvgIpc) is 3.15. The topological polar surface area (TPSA) is 66.2 Å². The minimum atomic E-state index is 0.0923. The van der Waals surface area contributed by atoms with Crippen LogP contribution in [0.3, 0.4) is 0 Å². The molecule has 2 aliphatic rings. The molecule has 168 valence electrons. The van der Waals surface area contributed by atoms with E-state index < -0.39 is 0 Å². The van der Waals surface area contributed by atoms with Crippen LogP contribution in [0.2, 0.25) is 0 Å². The number of carbonyl (C=O) groups excluding carboxylic acids is 2. The summed E-state index contributed by atoms with van der Waals surface area (Å²) < 4.78 is 11.1. The van der Waals surface area contributed by atoms with E-state index in [0.29, 0.717) is 58.3 Å². The van der Waals surface area contributed by atoms with Gasteiger partial charge in [-0.3, -0.25) is 14.5 Å². The lowest BCUT2D eigenvalue weighted by atomic mass is 9.95. The van der Waals surface area contributed by atoms with Gasteiger partial charge in [0.1, 0.15) is 5.58 Å². The van der Waals surface area contributed by atoms with Crippen molar-refractivity contribution in [3.8, 4) is 0 Å². The van der Waals surface area contributed by atoms with Crippen molar-refractivity contribution in [2.24, 2.45) is 0 Å². The lowest BCUT2D eigenvalue weighted by molar-refractivity contribution is -0.140. The minimum absolute atomic E-state index is 0.0923. The molecule has 0 radical (unpaired) electrons. The van der Waals surface area contributed by atoms with Crippen molar-refractivity contribution in [1.29, 1.82) is 0 Å². The zero-order valence-corrected chi connectivity index (χ0v) is 18.9. The van der Waals surface area contributed by atoms with Gasteiger partial charge in [-0.05, 0) is 36.1 Å². The van der Waals surface area contributed by atoms with E-state index in [4.69, 9.17) is 9.15 Å². The van der Waals surface area contributed by atoms with Crippen molar-refractivity contribution in [2.45, 2.75) is 33.1 Å². The Balaban J connectivity index is 1.34. The fraction of sp³-hybridized carbons (Fsp3) is 0.583. The standard InChI is InChI=1S/C24H33N3O4/c1-17(2)20-14-21-19(16-31-22(21)12-18(20)3)13-23(28)26-4-6-27(7-5-26)24(29)15-25-8-10-30-11-9-25/h12,14,16-17H,4-11,13,15H2,1-3H3. The third-order valence-corrected chi connectivity index (χ3v) is 6.45. The number of hydrogen-bond donors (Lipinski definition) is 0.